The van der Waals surface area contributed by atoms with Gasteiger partial charge in [0.25, 0.3) is 0 Å². The van der Waals surface area contributed by atoms with Crippen LogP contribution in [-0.4, -0.2) is 13.0 Å². The maximum atomic E-state index is 11.3. The average molecular weight is 205 g/mol. The first kappa shape index (κ1) is 11.5. The lowest BCUT2D eigenvalue weighted by atomic mass is 10.2. The van der Waals surface area contributed by atoms with Gasteiger partial charge in [0.05, 0.1) is 0 Å². The van der Waals surface area contributed by atoms with E-state index in [9.17, 15) is 4.79 Å². The minimum atomic E-state index is -0.421. The molecule has 0 aromatic heterocycles. The van der Waals surface area contributed by atoms with E-state index in [4.69, 9.17) is 4.74 Å². The minimum Gasteiger partial charge on any atom is -0.439 e. The number of benzene rings is 1. The van der Waals surface area contributed by atoms with Crippen molar-refractivity contribution in [1.82, 2.24) is 5.32 Å². The molecule has 1 aromatic rings. The second-order valence-corrected chi connectivity index (χ2v) is 3.27. The zero-order valence-electron chi connectivity index (χ0n) is 8.99. The molecule has 0 aliphatic carbocycles. The summed E-state index contributed by atoms with van der Waals surface area (Å²) in [7, 11) is 1.74. The molecule has 0 aliphatic heterocycles. The van der Waals surface area contributed by atoms with E-state index in [0.29, 0.717) is 5.57 Å². The number of ether oxygens (including phenoxy) is 1. The summed E-state index contributed by atoms with van der Waals surface area (Å²) < 4.78 is 5.20. The molecule has 1 N–H and O–H groups in total. The summed E-state index contributed by atoms with van der Waals surface area (Å²) in [6.07, 6.45) is -0.421. The average Bonchev–Trinajstić information content (AvgIpc) is 2.26. The van der Waals surface area contributed by atoms with E-state index in [1.54, 1.807) is 14.0 Å². The highest BCUT2D eigenvalue weighted by molar-refractivity contribution is 5.87. The monoisotopic (exact) mass is 205 g/mol. The lowest BCUT2D eigenvalue weighted by Crippen LogP contribution is -2.23. The van der Waals surface area contributed by atoms with Crippen molar-refractivity contribution in [2.45, 2.75) is 13.2 Å². The maximum absolute atomic E-state index is 11.3. The van der Waals surface area contributed by atoms with Crippen LogP contribution in [0.25, 0.3) is 0 Å². The van der Waals surface area contributed by atoms with Crippen LogP contribution < -0.4 is 5.32 Å². The van der Waals surface area contributed by atoms with Crippen molar-refractivity contribution in [2.24, 2.45) is 0 Å². The highest BCUT2D eigenvalue weighted by Crippen LogP contribution is 2.14. The van der Waals surface area contributed by atoms with Crippen molar-refractivity contribution in [1.29, 1.82) is 0 Å². The Labute approximate surface area is 89.8 Å². The fraction of sp³-hybridized carbons (Fsp3) is 0.250. The van der Waals surface area contributed by atoms with Crippen LogP contribution >= 0.6 is 0 Å². The van der Waals surface area contributed by atoms with E-state index >= 15 is 0 Å². The molecule has 80 valence electrons. The third kappa shape index (κ3) is 3.22. The van der Waals surface area contributed by atoms with E-state index in [1.165, 1.54) is 0 Å². The molecule has 3 heteroatoms. The summed E-state index contributed by atoms with van der Waals surface area (Å²) in [5, 5.41) is 2.92. The first-order valence-corrected chi connectivity index (χ1v) is 4.74. The molecule has 0 heterocycles. The van der Waals surface area contributed by atoms with Gasteiger partial charge in [0.1, 0.15) is 0 Å². The van der Waals surface area contributed by atoms with Gasteiger partial charge in [-0.25, -0.2) is 4.79 Å². The Bertz CT molecular complexity index is 346. The summed E-state index contributed by atoms with van der Waals surface area (Å²) >= 11 is 0. The summed E-state index contributed by atoms with van der Waals surface area (Å²) in [4.78, 5) is 11.3. The quantitative estimate of drug-likeness (QED) is 0.464. The summed E-state index contributed by atoms with van der Waals surface area (Å²) in [6.45, 7) is 5.16. The molecular weight excluding hydrogens is 190 g/mol. The smallest absolute Gasteiger partial charge is 0.334 e. The SMILES string of the molecule is C=C(C)C(=O)OC(NC)c1ccccc1. The van der Waals surface area contributed by atoms with Crippen LogP contribution in [0.5, 0.6) is 0 Å². The lowest BCUT2D eigenvalue weighted by Gasteiger charge is -2.17. The van der Waals surface area contributed by atoms with Crippen molar-refractivity contribution >= 4 is 5.97 Å². The third-order valence-electron chi connectivity index (χ3n) is 1.94. The van der Waals surface area contributed by atoms with Gasteiger partial charge in [-0.2, -0.15) is 0 Å². The molecule has 0 radical (unpaired) electrons. The van der Waals surface area contributed by atoms with Crippen LogP contribution in [0.3, 0.4) is 0 Å². The normalized spacial score (nSPS) is 11.9. The van der Waals surface area contributed by atoms with Crippen LogP contribution in [0.15, 0.2) is 42.5 Å². The number of nitrogens with one attached hydrogen (secondary N) is 1. The zero-order valence-corrected chi connectivity index (χ0v) is 8.99. The van der Waals surface area contributed by atoms with Gasteiger partial charge >= 0.3 is 5.97 Å². The van der Waals surface area contributed by atoms with Crippen LogP contribution in [0.4, 0.5) is 0 Å². The molecule has 3 nitrogen and oxygen atoms in total. The summed E-state index contributed by atoms with van der Waals surface area (Å²) in [5.41, 5.74) is 1.31. The first-order chi connectivity index (χ1) is 7.15. The van der Waals surface area contributed by atoms with Gasteiger partial charge in [0.15, 0.2) is 6.23 Å². The molecule has 0 aliphatic rings. The molecule has 0 saturated heterocycles. The van der Waals surface area contributed by atoms with Crippen molar-refractivity contribution in [3.63, 3.8) is 0 Å². The molecule has 0 spiro atoms. The molecule has 0 saturated carbocycles. The number of hydrogen-bond acceptors (Lipinski definition) is 3. The first-order valence-electron chi connectivity index (χ1n) is 4.74. The lowest BCUT2D eigenvalue weighted by molar-refractivity contribution is -0.146. The van der Waals surface area contributed by atoms with Crippen molar-refractivity contribution in [3.8, 4) is 0 Å². The van der Waals surface area contributed by atoms with Crippen LogP contribution in [-0.2, 0) is 9.53 Å². The predicted octanol–water partition coefficient (Wildman–Crippen LogP) is 2.02. The Hall–Kier alpha value is -1.61. The van der Waals surface area contributed by atoms with E-state index in [2.05, 4.69) is 11.9 Å². The van der Waals surface area contributed by atoms with E-state index < -0.39 is 12.2 Å². The number of carbonyl (C=O) groups is 1. The molecule has 0 amide bonds. The van der Waals surface area contributed by atoms with Crippen LogP contribution in [0.2, 0.25) is 0 Å². The summed E-state index contributed by atoms with van der Waals surface area (Å²) in [6, 6.07) is 9.50. The second kappa shape index (κ2) is 5.32. The fourth-order valence-corrected chi connectivity index (χ4v) is 1.13. The largest absolute Gasteiger partial charge is 0.439 e. The molecule has 1 atom stereocenters. The Morgan fingerprint density at radius 2 is 2.00 bits per heavy atom. The van der Waals surface area contributed by atoms with Gasteiger partial charge in [0.2, 0.25) is 0 Å². The van der Waals surface area contributed by atoms with Crippen molar-refractivity contribution in [3.05, 3.63) is 48.0 Å². The van der Waals surface area contributed by atoms with Crippen LogP contribution in [0.1, 0.15) is 18.7 Å². The topological polar surface area (TPSA) is 38.3 Å². The Morgan fingerprint density at radius 1 is 1.40 bits per heavy atom. The van der Waals surface area contributed by atoms with E-state index in [1.807, 2.05) is 30.3 Å². The number of esters is 1. The van der Waals surface area contributed by atoms with Gasteiger partial charge in [0, 0.05) is 11.1 Å². The highest BCUT2D eigenvalue weighted by atomic mass is 16.6. The van der Waals surface area contributed by atoms with Gasteiger partial charge in [-0.15, -0.1) is 0 Å². The fourth-order valence-electron chi connectivity index (χ4n) is 1.13. The summed E-state index contributed by atoms with van der Waals surface area (Å²) in [5.74, 6) is -0.391. The van der Waals surface area contributed by atoms with E-state index in [0.717, 1.165) is 5.56 Å². The molecule has 0 fully saturated rings. The molecule has 1 aromatic carbocycles. The number of rotatable bonds is 4. The molecular formula is C12H15NO2. The molecule has 1 unspecified atom stereocenters. The molecule has 0 bridgehead atoms. The predicted molar refractivity (Wildman–Crippen MR) is 59.1 cm³/mol. The Balaban J connectivity index is 2.73. The van der Waals surface area contributed by atoms with Gasteiger partial charge < -0.3 is 4.74 Å². The van der Waals surface area contributed by atoms with Gasteiger partial charge in [-0.1, -0.05) is 36.9 Å². The maximum Gasteiger partial charge on any atom is 0.334 e. The van der Waals surface area contributed by atoms with Crippen molar-refractivity contribution < 1.29 is 9.53 Å². The minimum absolute atomic E-state index is 0.391. The Morgan fingerprint density at radius 3 is 2.47 bits per heavy atom. The molecule has 15 heavy (non-hydrogen) atoms. The standard InChI is InChI=1S/C12H15NO2/c1-9(2)12(14)15-11(13-3)10-7-5-4-6-8-10/h4-8,11,13H,1H2,2-3H3. The Kier molecular flexibility index (Phi) is 4.06. The van der Waals surface area contributed by atoms with Gasteiger partial charge in [-0.3, -0.25) is 5.32 Å². The van der Waals surface area contributed by atoms with Crippen LogP contribution in [0, 0.1) is 0 Å². The van der Waals surface area contributed by atoms with Gasteiger partial charge in [-0.05, 0) is 14.0 Å². The third-order valence-corrected chi connectivity index (χ3v) is 1.94. The van der Waals surface area contributed by atoms with E-state index in [-0.39, 0.29) is 0 Å². The number of hydrogen-bond donors (Lipinski definition) is 1. The zero-order chi connectivity index (χ0) is 11.3. The molecule has 1 rings (SSSR count). The number of carbonyl (C=O) groups excluding carboxylic acids is 1. The highest BCUT2D eigenvalue weighted by Gasteiger charge is 2.14. The second-order valence-electron chi connectivity index (χ2n) is 3.27. The van der Waals surface area contributed by atoms with Crippen molar-refractivity contribution in [2.75, 3.05) is 7.05 Å².